The van der Waals surface area contributed by atoms with Crippen molar-refractivity contribution in [1.82, 2.24) is 10.3 Å². The molecule has 4 aromatic rings. The van der Waals surface area contributed by atoms with Gasteiger partial charge in [-0.05, 0) is 102 Å². The van der Waals surface area contributed by atoms with E-state index in [0.717, 1.165) is 17.5 Å². The Morgan fingerprint density at radius 1 is 1.17 bits per heavy atom. The van der Waals surface area contributed by atoms with E-state index in [1.165, 1.54) is 5.56 Å². The van der Waals surface area contributed by atoms with E-state index in [0.29, 0.717) is 50.5 Å². The molecule has 9 heteroatoms. The molecule has 3 aromatic carbocycles. The fourth-order valence-electron chi connectivity index (χ4n) is 3.61. The van der Waals surface area contributed by atoms with Gasteiger partial charge in [-0.1, -0.05) is 31.5 Å². The van der Waals surface area contributed by atoms with E-state index < -0.39 is 0 Å². The number of hydrogen-bond donors (Lipinski definition) is 2. The molecule has 0 aliphatic heterocycles. The molecule has 0 saturated carbocycles. The van der Waals surface area contributed by atoms with E-state index >= 15 is 0 Å². The molecule has 6 nitrogen and oxygen atoms in total. The topological polar surface area (TPSA) is 76.4 Å². The van der Waals surface area contributed by atoms with Gasteiger partial charge in [-0.3, -0.25) is 10.1 Å². The molecule has 36 heavy (non-hydrogen) atoms. The molecule has 0 fully saturated rings. The van der Waals surface area contributed by atoms with Crippen LogP contribution in [0.25, 0.3) is 22.6 Å². The Labute approximate surface area is 228 Å². The van der Waals surface area contributed by atoms with Gasteiger partial charge in [0, 0.05) is 11.1 Å². The Morgan fingerprint density at radius 2 is 1.97 bits per heavy atom. The van der Waals surface area contributed by atoms with Gasteiger partial charge in [0.05, 0.1) is 21.8 Å². The van der Waals surface area contributed by atoms with Crippen molar-refractivity contribution >= 4 is 67.6 Å². The monoisotopic (exact) mass is 585 g/mol. The van der Waals surface area contributed by atoms with E-state index in [2.05, 4.69) is 57.5 Å². The molecule has 186 valence electrons. The van der Waals surface area contributed by atoms with E-state index in [1.807, 2.05) is 19.1 Å². The summed E-state index contributed by atoms with van der Waals surface area (Å²) < 4.78 is 12.2. The highest BCUT2D eigenvalue weighted by Gasteiger charge is 2.15. The number of nitrogens with zero attached hydrogens (tertiary/aromatic N) is 1. The van der Waals surface area contributed by atoms with Crippen LogP contribution in [-0.4, -0.2) is 22.6 Å². The van der Waals surface area contributed by atoms with E-state index in [1.54, 1.807) is 30.3 Å². The van der Waals surface area contributed by atoms with Crippen LogP contribution in [0.2, 0.25) is 5.02 Å². The first-order valence-electron chi connectivity index (χ1n) is 11.5. The van der Waals surface area contributed by atoms with Gasteiger partial charge in [0.25, 0.3) is 5.91 Å². The number of nitrogens with one attached hydrogen (secondary N) is 2. The Balaban J connectivity index is 1.50. The van der Waals surface area contributed by atoms with Crippen molar-refractivity contribution in [2.75, 3.05) is 11.9 Å². The van der Waals surface area contributed by atoms with Crippen molar-refractivity contribution in [3.05, 3.63) is 75.2 Å². The first-order valence-corrected chi connectivity index (χ1v) is 13.1. The summed E-state index contributed by atoms with van der Waals surface area (Å²) in [5, 5.41) is 6.22. The van der Waals surface area contributed by atoms with Gasteiger partial charge >= 0.3 is 0 Å². The second-order valence-electron chi connectivity index (χ2n) is 8.24. The van der Waals surface area contributed by atoms with Crippen LogP contribution in [0.3, 0.4) is 0 Å². The van der Waals surface area contributed by atoms with E-state index in [4.69, 9.17) is 33.0 Å². The second kappa shape index (κ2) is 11.4. The van der Waals surface area contributed by atoms with Crippen LogP contribution in [0.1, 0.15) is 49.0 Å². The fraction of sp³-hybridized carbons (Fsp3) is 0.222. The molecule has 0 unspecified atom stereocenters. The quantitative estimate of drug-likeness (QED) is 0.214. The van der Waals surface area contributed by atoms with Gasteiger partial charge in [-0.25, -0.2) is 4.98 Å². The highest BCUT2D eigenvalue weighted by molar-refractivity contribution is 9.10. The molecule has 0 aliphatic rings. The average Bonchev–Trinajstić information content (AvgIpc) is 3.29. The van der Waals surface area contributed by atoms with Gasteiger partial charge in [-0.15, -0.1) is 0 Å². The smallest absolute Gasteiger partial charge is 0.257 e. The first-order chi connectivity index (χ1) is 17.3. The number of anilines is 1. The Bertz CT molecular complexity index is 1440. The third-order valence-electron chi connectivity index (χ3n) is 5.78. The number of ether oxygens (including phenoxy) is 1. The summed E-state index contributed by atoms with van der Waals surface area (Å²) in [5.41, 5.74) is 4.42. The molecule has 1 amide bonds. The van der Waals surface area contributed by atoms with Crippen LogP contribution < -0.4 is 15.4 Å². The molecular formula is C27H25BrClN3O3S. The van der Waals surface area contributed by atoms with E-state index in [-0.39, 0.29) is 11.0 Å². The standard InChI is InChI=1S/C27H25BrClN3O3S/c1-4-15(3)16-7-11-24-22(13-16)30-26(35-24)18-6-9-20(29)21(14-18)31-27(36)32-25(33)17-8-10-23(34-5-2)19(28)12-17/h6-15H,4-5H2,1-3H3,(H2,31,32,33,36)/t15-/m1/s1. The Morgan fingerprint density at radius 3 is 2.69 bits per heavy atom. The molecule has 1 atom stereocenters. The third-order valence-corrected chi connectivity index (χ3v) is 6.93. The van der Waals surface area contributed by atoms with Crippen LogP contribution in [-0.2, 0) is 0 Å². The predicted molar refractivity (Wildman–Crippen MR) is 152 cm³/mol. The summed E-state index contributed by atoms with van der Waals surface area (Å²) in [6, 6.07) is 16.5. The number of oxazole rings is 1. The second-order valence-corrected chi connectivity index (χ2v) is 9.91. The van der Waals surface area contributed by atoms with Crippen molar-refractivity contribution in [3.63, 3.8) is 0 Å². The predicted octanol–water partition coefficient (Wildman–Crippen LogP) is 7.95. The number of benzene rings is 3. The number of carbonyl (C=O) groups is 1. The number of fused-ring (bicyclic) bond motifs is 1. The van der Waals surface area contributed by atoms with Crippen LogP contribution in [0.15, 0.2) is 63.5 Å². The number of thiocarbonyl (C=S) groups is 1. The minimum absolute atomic E-state index is 0.111. The maximum Gasteiger partial charge on any atom is 0.257 e. The zero-order valence-corrected chi connectivity index (χ0v) is 23.2. The molecular weight excluding hydrogens is 562 g/mol. The molecule has 0 bridgehead atoms. The molecule has 1 heterocycles. The summed E-state index contributed by atoms with van der Waals surface area (Å²) in [6.07, 6.45) is 1.05. The molecule has 2 N–H and O–H groups in total. The zero-order chi connectivity index (χ0) is 25.8. The number of amides is 1. The summed E-state index contributed by atoms with van der Waals surface area (Å²) in [7, 11) is 0. The zero-order valence-electron chi connectivity index (χ0n) is 20.0. The number of halogens is 2. The van der Waals surface area contributed by atoms with Gasteiger partial charge < -0.3 is 14.5 Å². The highest BCUT2D eigenvalue weighted by atomic mass is 79.9. The van der Waals surface area contributed by atoms with Crippen LogP contribution in [0, 0.1) is 0 Å². The molecule has 4 rings (SSSR count). The largest absolute Gasteiger partial charge is 0.493 e. The highest BCUT2D eigenvalue weighted by Crippen LogP contribution is 2.32. The normalized spacial score (nSPS) is 11.8. The lowest BCUT2D eigenvalue weighted by molar-refractivity contribution is 0.0977. The lowest BCUT2D eigenvalue weighted by Gasteiger charge is -2.12. The van der Waals surface area contributed by atoms with Crippen LogP contribution in [0.5, 0.6) is 5.75 Å². The Kier molecular flexibility index (Phi) is 8.28. The van der Waals surface area contributed by atoms with Crippen molar-refractivity contribution < 1.29 is 13.9 Å². The summed E-state index contributed by atoms with van der Waals surface area (Å²) in [5.74, 6) is 1.22. The van der Waals surface area contributed by atoms with Gasteiger partial charge in [0.15, 0.2) is 10.7 Å². The molecule has 0 radical (unpaired) electrons. The van der Waals surface area contributed by atoms with Crippen LogP contribution >= 0.6 is 39.7 Å². The summed E-state index contributed by atoms with van der Waals surface area (Å²) in [4.78, 5) is 17.4. The molecule has 0 spiro atoms. The summed E-state index contributed by atoms with van der Waals surface area (Å²) >= 11 is 15.2. The van der Waals surface area contributed by atoms with E-state index in [9.17, 15) is 4.79 Å². The minimum Gasteiger partial charge on any atom is -0.493 e. The lowest BCUT2D eigenvalue weighted by Crippen LogP contribution is -2.34. The summed E-state index contributed by atoms with van der Waals surface area (Å²) in [6.45, 7) is 6.77. The van der Waals surface area contributed by atoms with Gasteiger partial charge in [-0.2, -0.15) is 0 Å². The molecule has 1 aromatic heterocycles. The Hall–Kier alpha value is -2.94. The maximum absolute atomic E-state index is 12.7. The first kappa shape index (κ1) is 26.1. The average molecular weight is 587 g/mol. The van der Waals surface area contributed by atoms with Crippen LogP contribution in [0.4, 0.5) is 5.69 Å². The third kappa shape index (κ3) is 5.88. The van der Waals surface area contributed by atoms with Crippen molar-refractivity contribution in [3.8, 4) is 17.2 Å². The van der Waals surface area contributed by atoms with Gasteiger partial charge in [0.2, 0.25) is 5.89 Å². The lowest BCUT2D eigenvalue weighted by atomic mass is 9.98. The molecule has 0 saturated heterocycles. The minimum atomic E-state index is -0.361. The number of aromatic nitrogens is 1. The molecule has 0 aliphatic carbocycles. The SMILES string of the molecule is CCOc1ccc(C(=O)NC(=S)Nc2cc(-c3nc4cc([C@H](C)CC)ccc4o3)ccc2Cl)cc1Br. The number of carbonyl (C=O) groups excluding carboxylic acids is 1. The maximum atomic E-state index is 12.7. The van der Waals surface area contributed by atoms with Crippen molar-refractivity contribution in [1.29, 1.82) is 0 Å². The number of rotatable bonds is 7. The van der Waals surface area contributed by atoms with Gasteiger partial charge in [0.1, 0.15) is 11.3 Å². The van der Waals surface area contributed by atoms with Crippen molar-refractivity contribution in [2.24, 2.45) is 0 Å². The van der Waals surface area contributed by atoms with Crippen molar-refractivity contribution in [2.45, 2.75) is 33.1 Å². The fourth-order valence-corrected chi connectivity index (χ4v) is 4.47. The number of hydrogen-bond acceptors (Lipinski definition) is 5.